The van der Waals surface area contributed by atoms with Gasteiger partial charge in [-0.2, -0.15) is 4.98 Å². The molecule has 0 fully saturated rings. The average molecular weight is 418 g/mol. The van der Waals surface area contributed by atoms with Gasteiger partial charge in [-0.3, -0.25) is 9.10 Å². The van der Waals surface area contributed by atoms with E-state index in [1.54, 1.807) is 0 Å². The molecule has 0 aliphatic heterocycles. The summed E-state index contributed by atoms with van der Waals surface area (Å²) in [7, 11) is -3.75. The van der Waals surface area contributed by atoms with Crippen LogP contribution >= 0.6 is 0 Å². The zero-order valence-electron chi connectivity index (χ0n) is 15.8. The topological polar surface area (TPSA) is 105 Å². The molecule has 2 aromatic carbocycles. The number of hydrogen-bond donors (Lipinski definition) is 1. The Morgan fingerprint density at radius 3 is 2.59 bits per heavy atom. The summed E-state index contributed by atoms with van der Waals surface area (Å²) in [5, 5.41) is 6.43. The first kappa shape index (κ1) is 20.5. The van der Waals surface area contributed by atoms with Gasteiger partial charge in [-0.05, 0) is 37.3 Å². The zero-order valence-corrected chi connectivity index (χ0v) is 16.6. The van der Waals surface area contributed by atoms with E-state index in [0.717, 1.165) is 33.8 Å². The molecule has 0 aliphatic carbocycles. The van der Waals surface area contributed by atoms with Crippen LogP contribution in [-0.2, 0) is 21.4 Å². The fourth-order valence-corrected chi connectivity index (χ4v) is 3.45. The second-order valence-electron chi connectivity index (χ2n) is 6.40. The van der Waals surface area contributed by atoms with Gasteiger partial charge in [-0.1, -0.05) is 28.9 Å². The fraction of sp³-hybridized carbons (Fsp3) is 0.211. The van der Waals surface area contributed by atoms with E-state index in [9.17, 15) is 17.6 Å². The summed E-state index contributed by atoms with van der Waals surface area (Å²) in [6.07, 6.45) is 0.968. The first-order valence-corrected chi connectivity index (χ1v) is 10.5. The lowest BCUT2D eigenvalue weighted by Crippen LogP contribution is -2.40. The Balaban J connectivity index is 1.65. The second-order valence-corrected chi connectivity index (χ2v) is 8.31. The van der Waals surface area contributed by atoms with Crippen LogP contribution in [0.1, 0.15) is 11.5 Å². The number of nitrogens with zero attached hydrogens (tertiary/aromatic N) is 3. The predicted octanol–water partition coefficient (Wildman–Crippen LogP) is 2.27. The van der Waals surface area contributed by atoms with Crippen LogP contribution in [0, 0.1) is 12.7 Å². The predicted molar refractivity (Wildman–Crippen MR) is 105 cm³/mol. The van der Waals surface area contributed by atoms with Crippen LogP contribution in [0.3, 0.4) is 0 Å². The van der Waals surface area contributed by atoms with E-state index in [2.05, 4.69) is 15.5 Å². The van der Waals surface area contributed by atoms with Crippen LogP contribution in [0.25, 0.3) is 11.4 Å². The lowest BCUT2D eigenvalue weighted by Gasteiger charge is -2.21. The Labute approximate surface area is 167 Å². The number of aromatic nitrogens is 2. The Morgan fingerprint density at radius 2 is 1.93 bits per heavy atom. The molecular formula is C19H19FN4O4S. The fourth-order valence-electron chi connectivity index (χ4n) is 2.60. The molecule has 0 saturated heterocycles. The number of carbonyl (C=O) groups excluding carboxylic acids is 1. The molecule has 29 heavy (non-hydrogen) atoms. The Morgan fingerprint density at radius 1 is 1.21 bits per heavy atom. The summed E-state index contributed by atoms with van der Waals surface area (Å²) < 4.78 is 43.2. The van der Waals surface area contributed by atoms with Crippen molar-refractivity contribution in [3.8, 4) is 11.4 Å². The Kier molecular flexibility index (Phi) is 5.92. The van der Waals surface area contributed by atoms with E-state index in [1.165, 1.54) is 12.1 Å². The van der Waals surface area contributed by atoms with Crippen LogP contribution in [-0.4, -0.2) is 37.3 Å². The minimum atomic E-state index is -3.75. The van der Waals surface area contributed by atoms with Gasteiger partial charge in [0, 0.05) is 5.56 Å². The van der Waals surface area contributed by atoms with Gasteiger partial charge in [-0.15, -0.1) is 0 Å². The van der Waals surface area contributed by atoms with E-state index in [1.807, 2.05) is 31.2 Å². The maximum Gasteiger partial charge on any atom is 0.246 e. The highest BCUT2D eigenvalue weighted by Gasteiger charge is 2.21. The molecule has 0 atom stereocenters. The Hall–Kier alpha value is -3.27. The summed E-state index contributed by atoms with van der Waals surface area (Å²) >= 11 is 0. The summed E-state index contributed by atoms with van der Waals surface area (Å²) in [6, 6.07) is 12.4. The molecule has 0 bridgehead atoms. The van der Waals surface area contributed by atoms with Crippen LogP contribution in [0.15, 0.2) is 53.1 Å². The maximum absolute atomic E-state index is 13.1. The lowest BCUT2D eigenvalue weighted by molar-refractivity contribution is -0.119. The monoisotopic (exact) mass is 418 g/mol. The summed E-state index contributed by atoms with van der Waals surface area (Å²) in [5.74, 6) is -0.507. The van der Waals surface area contributed by atoms with E-state index in [4.69, 9.17) is 4.52 Å². The molecule has 0 spiro atoms. The van der Waals surface area contributed by atoms with Gasteiger partial charge in [-0.25, -0.2) is 12.8 Å². The lowest BCUT2D eigenvalue weighted by atomic mass is 10.1. The first-order chi connectivity index (χ1) is 13.7. The molecular weight excluding hydrogens is 399 g/mol. The van der Waals surface area contributed by atoms with Crippen LogP contribution in [0.2, 0.25) is 0 Å². The summed E-state index contributed by atoms with van der Waals surface area (Å²) in [5.41, 5.74) is 2.01. The number of carbonyl (C=O) groups is 1. The molecule has 152 valence electrons. The smallest absolute Gasteiger partial charge is 0.246 e. The van der Waals surface area contributed by atoms with Gasteiger partial charge in [0.25, 0.3) is 0 Å². The van der Waals surface area contributed by atoms with Crippen molar-refractivity contribution >= 4 is 21.6 Å². The van der Waals surface area contributed by atoms with Gasteiger partial charge in [0.2, 0.25) is 27.6 Å². The summed E-state index contributed by atoms with van der Waals surface area (Å²) in [4.78, 5) is 16.5. The van der Waals surface area contributed by atoms with Crippen LogP contribution in [0.5, 0.6) is 0 Å². The van der Waals surface area contributed by atoms with Crippen molar-refractivity contribution < 1.29 is 22.1 Å². The third kappa shape index (κ3) is 5.38. The highest BCUT2D eigenvalue weighted by molar-refractivity contribution is 7.92. The second kappa shape index (κ2) is 8.39. The van der Waals surface area contributed by atoms with Crippen molar-refractivity contribution in [2.45, 2.75) is 13.5 Å². The third-order valence-electron chi connectivity index (χ3n) is 3.98. The van der Waals surface area contributed by atoms with Crippen molar-refractivity contribution in [3.05, 3.63) is 65.8 Å². The molecule has 1 N–H and O–H groups in total. The number of aryl methyl sites for hydroxylation is 1. The number of halogens is 1. The molecule has 10 heteroatoms. The van der Waals surface area contributed by atoms with Gasteiger partial charge in [0.1, 0.15) is 12.4 Å². The number of anilines is 1. The number of nitrogens with one attached hydrogen (secondary N) is 1. The minimum absolute atomic E-state index is 0.0569. The van der Waals surface area contributed by atoms with E-state index < -0.39 is 28.3 Å². The molecule has 1 aromatic heterocycles. The molecule has 0 aliphatic rings. The molecule has 0 unspecified atom stereocenters. The number of hydrogen-bond acceptors (Lipinski definition) is 6. The molecule has 1 heterocycles. The molecule has 0 radical (unpaired) electrons. The van der Waals surface area contributed by atoms with Gasteiger partial charge >= 0.3 is 0 Å². The molecule has 1 amide bonds. The average Bonchev–Trinajstić information content (AvgIpc) is 3.14. The van der Waals surface area contributed by atoms with Crippen molar-refractivity contribution in [2.75, 3.05) is 17.1 Å². The molecule has 0 saturated carbocycles. The largest absolute Gasteiger partial charge is 0.345 e. The number of sulfonamides is 1. The number of benzene rings is 2. The van der Waals surface area contributed by atoms with E-state index >= 15 is 0 Å². The van der Waals surface area contributed by atoms with Gasteiger partial charge < -0.3 is 9.84 Å². The van der Waals surface area contributed by atoms with Crippen molar-refractivity contribution in [1.29, 1.82) is 0 Å². The SMILES string of the molecule is Cc1cccc(-c2noc(CNC(=O)CN(c3ccc(F)cc3)S(C)(=O)=O)n2)c1. The van der Waals surface area contributed by atoms with Crippen LogP contribution < -0.4 is 9.62 Å². The van der Waals surface area contributed by atoms with Crippen molar-refractivity contribution in [2.24, 2.45) is 0 Å². The summed E-state index contributed by atoms with van der Waals surface area (Å²) in [6.45, 7) is 1.42. The van der Waals surface area contributed by atoms with Crippen molar-refractivity contribution in [1.82, 2.24) is 15.5 Å². The molecule has 3 aromatic rings. The van der Waals surface area contributed by atoms with Crippen LogP contribution in [0.4, 0.5) is 10.1 Å². The Bertz CT molecular complexity index is 1110. The first-order valence-electron chi connectivity index (χ1n) is 8.62. The number of amides is 1. The normalized spacial score (nSPS) is 11.3. The maximum atomic E-state index is 13.1. The van der Waals surface area contributed by atoms with E-state index in [-0.39, 0.29) is 18.1 Å². The number of rotatable bonds is 7. The van der Waals surface area contributed by atoms with Crippen molar-refractivity contribution in [3.63, 3.8) is 0 Å². The quantitative estimate of drug-likeness (QED) is 0.631. The zero-order chi connectivity index (χ0) is 21.0. The molecule has 3 rings (SSSR count). The van der Waals surface area contributed by atoms with Gasteiger partial charge in [0.15, 0.2) is 0 Å². The van der Waals surface area contributed by atoms with E-state index in [0.29, 0.717) is 5.82 Å². The standard InChI is InChI=1S/C19H19FN4O4S/c1-13-4-3-5-14(10-13)19-22-18(28-23-19)11-21-17(25)12-24(29(2,26)27)16-8-6-15(20)7-9-16/h3-10H,11-12H2,1-2H3,(H,21,25). The molecule has 8 nitrogen and oxygen atoms in total. The third-order valence-corrected chi connectivity index (χ3v) is 5.12. The highest BCUT2D eigenvalue weighted by Crippen LogP contribution is 2.18. The minimum Gasteiger partial charge on any atom is -0.345 e. The highest BCUT2D eigenvalue weighted by atomic mass is 32.2. The van der Waals surface area contributed by atoms with Gasteiger partial charge in [0.05, 0.1) is 18.5 Å².